The molecule has 13 heavy (non-hydrogen) atoms. The van der Waals surface area contributed by atoms with Gasteiger partial charge in [0.05, 0.1) is 5.69 Å². The highest BCUT2D eigenvalue weighted by Gasteiger charge is 2.11. The predicted molar refractivity (Wildman–Crippen MR) is 53.1 cm³/mol. The SMILES string of the molecule is C#CCCC(NC)c1ccnn1C. The molecule has 0 bridgehead atoms. The molecule has 1 atom stereocenters. The van der Waals surface area contributed by atoms with E-state index in [-0.39, 0.29) is 0 Å². The van der Waals surface area contributed by atoms with Crippen LogP contribution in [0.2, 0.25) is 0 Å². The predicted octanol–water partition coefficient (Wildman–Crippen LogP) is 1.09. The zero-order valence-corrected chi connectivity index (χ0v) is 8.12. The largest absolute Gasteiger partial charge is 0.312 e. The fourth-order valence-electron chi connectivity index (χ4n) is 1.39. The number of hydrogen-bond donors (Lipinski definition) is 1. The van der Waals surface area contributed by atoms with E-state index in [1.165, 1.54) is 5.69 Å². The Kier molecular flexibility index (Phi) is 3.53. The van der Waals surface area contributed by atoms with E-state index in [1.54, 1.807) is 6.20 Å². The molecule has 3 nitrogen and oxygen atoms in total. The van der Waals surface area contributed by atoms with Gasteiger partial charge < -0.3 is 5.32 Å². The molecular weight excluding hydrogens is 162 g/mol. The van der Waals surface area contributed by atoms with Crippen molar-refractivity contribution in [3.05, 3.63) is 18.0 Å². The summed E-state index contributed by atoms with van der Waals surface area (Å²) < 4.78 is 1.87. The zero-order chi connectivity index (χ0) is 9.68. The van der Waals surface area contributed by atoms with Gasteiger partial charge in [-0.2, -0.15) is 5.10 Å². The first-order valence-corrected chi connectivity index (χ1v) is 4.38. The van der Waals surface area contributed by atoms with Gasteiger partial charge in [-0.25, -0.2) is 0 Å². The molecule has 0 saturated heterocycles. The van der Waals surface area contributed by atoms with Crippen LogP contribution in [0, 0.1) is 12.3 Å². The van der Waals surface area contributed by atoms with E-state index < -0.39 is 0 Å². The second-order valence-corrected chi connectivity index (χ2v) is 2.96. The summed E-state index contributed by atoms with van der Waals surface area (Å²) in [5.41, 5.74) is 1.18. The van der Waals surface area contributed by atoms with Crippen molar-refractivity contribution in [2.75, 3.05) is 7.05 Å². The molecule has 1 aromatic rings. The van der Waals surface area contributed by atoms with E-state index in [0.29, 0.717) is 6.04 Å². The minimum Gasteiger partial charge on any atom is -0.312 e. The van der Waals surface area contributed by atoms with Gasteiger partial charge in [0.25, 0.3) is 0 Å². The van der Waals surface area contributed by atoms with Crippen LogP contribution < -0.4 is 5.32 Å². The lowest BCUT2D eigenvalue weighted by molar-refractivity contribution is 0.513. The average molecular weight is 177 g/mol. The Hall–Kier alpha value is -1.27. The molecule has 0 aliphatic heterocycles. The number of aromatic nitrogens is 2. The van der Waals surface area contributed by atoms with Crippen LogP contribution in [0.3, 0.4) is 0 Å². The molecule has 0 saturated carbocycles. The number of nitrogens with zero attached hydrogens (tertiary/aromatic N) is 2. The second kappa shape index (κ2) is 4.68. The number of rotatable bonds is 4. The van der Waals surface area contributed by atoms with Gasteiger partial charge >= 0.3 is 0 Å². The van der Waals surface area contributed by atoms with Crippen LogP contribution in [0.15, 0.2) is 12.3 Å². The quantitative estimate of drug-likeness (QED) is 0.698. The molecule has 3 heteroatoms. The summed E-state index contributed by atoms with van der Waals surface area (Å²) in [4.78, 5) is 0. The van der Waals surface area contributed by atoms with E-state index in [4.69, 9.17) is 6.42 Å². The highest BCUT2D eigenvalue weighted by molar-refractivity contribution is 5.07. The molecule has 1 N–H and O–H groups in total. The van der Waals surface area contributed by atoms with E-state index in [1.807, 2.05) is 24.8 Å². The first kappa shape index (κ1) is 9.82. The maximum Gasteiger partial charge on any atom is 0.0550 e. The second-order valence-electron chi connectivity index (χ2n) is 2.96. The van der Waals surface area contributed by atoms with Gasteiger partial charge in [0, 0.05) is 25.7 Å². The molecule has 0 spiro atoms. The first-order chi connectivity index (χ1) is 6.29. The van der Waals surface area contributed by atoms with Crippen LogP contribution >= 0.6 is 0 Å². The monoisotopic (exact) mass is 177 g/mol. The van der Waals surface area contributed by atoms with Gasteiger partial charge in [0.1, 0.15) is 0 Å². The zero-order valence-electron chi connectivity index (χ0n) is 8.12. The summed E-state index contributed by atoms with van der Waals surface area (Å²) in [5, 5.41) is 7.34. The summed E-state index contributed by atoms with van der Waals surface area (Å²) in [7, 11) is 3.88. The normalized spacial score (nSPS) is 12.4. The Morgan fingerprint density at radius 1 is 1.77 bits per heavy atom. The van der Waals surface area contributed by atoms with E-state index >= 15 is 0 Å². The Balaban J connectivity index is 2.68. The highest BCUT2D eigenvalue weighted by atomic mass is 15.3. The third-order valence-electron chi connectivity index (χ3n) is 2.14. The highest BCUT2D eigenvalue weighted by Crippen LogP contribution is 2.16. The molecule has 0 fully saturated rings. The Labute approximate surface area is 79.1 Å². The maximum atomic E-state index is 5.22. The molecule has 1 rings (SSSR count). The first-order valence-electron chi connectivity index (χ1n) is 4.38. The fraction of sp³-hybridized carbons (Fsp3) is 0.500. The summed E-state index contributed by atoms with van der Waals surface area (Å²) in [6.45, 7) is 0. The molecular formula is C10H15N3. The molecule has 0 aliphatic carbocycles. The van der Waals surface area contributed by atoms with E-state index in [0.717, 1.165) is 12.8 Å². The topological polar surface area (TPSA) is 29.9 Å². The van der Waals surface area contributed by atoms with Crippen LogP contribution in [-0.4, -0.2) is 16.8 Å². The van der Waals surface area contributed by atoms with Gasteiger partial charge in [-0.1, -0.05) is 0 Å². The summed E-state index contributed by atoms with van der Waals surface area (Å²) in [5.74, 6) is 2.64. The molecule has 0 aromatic carbocycles. The van der Waals surface area contributed by atoms with E-state index in [9.17, 15) is 0 Å². The van der Waals surface area contributed by atoms with Crippen molar-refractivity contribution in [1.82, 2.24) is 15.1 Å². The van der Waals surface area contributed by atoms with Crippen LogP contribution in [0.5, 0.6) is 0 Å². The van der Waals surface area contributed by atoms with Crippen molar-refractivity contribution in [3.8, 4) is 12.3 Å². The van der Waals surface area contributed by atoms with Gasteiger partial charge in [-0.3, -0.25) is 4.68 Å². The molecule has 1 aromatic heterocycles. The summed E-state index contributed by atoms with van der Waals surface area (Å²) in [6, 6.07) is 2.32. The summed E-state index contributed by atoms with van der Waals surface area (Å²) in [6.07, 6.45) is 8.76. The number of hydrogen-bond acceptors (Lipinski definition) is 2. The van der Waals surface area contributed by atoms with E-state index in [2.05, 4.69) is 16.3 Å². The molecule has 0 aliphatic rings. The third-order valence-corrected chi connectivity index (χ3v) is 2.14. The van der Waals surface area contributed by atoms with Gasteiger partial charge in [-0.15, -0.1) is 12.3 Å². The fourth-order valence-corrected chi connectivity index (χ4v) is 1.39. The van der Waals surface area contributed by atoms with Crippen molar-refractivity contribution < 1.29 is 0 Å². The summed E-state index contributed by atoms with van der Waals surface area (Å²) >= 11 is 0. The molecule has 0 amide bonds. The van der Waals surface area contributed by atoms with Crippen molar-refractivity contribution in [1.29, 1.82) is 0 Å². The van der Waals surface area contributed by atoms with Crippen molar-refractivity contribution >= 4 is 0 Å². The standard InChI is InChI=1S/C10H15N3/c1-4-5-6-9(11-2)10-7-8-12-13(10)3/h1,7-9,11H,5-6H2,2-3H3. The van der Waals surface area contributed by atoms with Gasteiger partial charge in [0.2, 0.25) is 0 Å². The third kappa shape index (κ3) is 2.33. The number of aryl methyl sites for hydroxylation is 1. The molecule has 0 radical (unpaired) electrons. The Morgan fingerprint density at radius 2 is 2.54 bits per heavy atom. The smallest absolute Gasteiger partial charge is 0.0550 e. The lowest BCUT2D eigenvalue weighted by Gasteiger charge is -2.14. The van der Waals surface area contributed by atoms with Crippen LogP contribution in [-0.2, 0) is 7.05 Å². The molecule has 1 unspecified atom stereocenters. The number of terminal acetylenes is 1. The van der Waals surface area contributed by atoms with Gasteiger partial charge in [0.15, 0.2) is 0 Å². The van der Waals surface area contributed by atoms with Crippen molar-refractivity contribution in [3.63, 3.8) is 0 Å². The maximum absolute atomic E-state index is 5.22. The number of nitrogens with one attached hydrogen (secondary N) is 1. The minimum atomic E-state index is 0.309. The van der Waals surface area contributed by atoms with Gasteiger partial charge in [-0.05, 0) is 19.5 Å². The van der Waals surface area contributed by atoms with Crippen LogP contribution in [0.4, 0.5) is 0 Å². The Bertz CT molecular complexity index is 295. The van der Waals surface area contributed by atoms with Crippen molar-refractivity contribution in [2.45, 2.75) is 18.9 Å². The lowest BCUT2D eigenvalue weighted by atomic mass is 10.1. The Morgan fingerprint density at radius 3 is 3.00 bits per heavy atom. The molecule has 1 heterocycles. The molecule has 70 valence electrons. The van der Waals surface area contributed by atoms with Crippen LogP contribution in [0.25, 0.3) is 0 Å². The van der Waals surface area contributed by atoms with Crippen molar-refractivity contribution in [2.24, 2.45) is 7.05 Å². The van der Waals surface area contributed by atoms with Crippen LogP contribution in [0.1, 0.15) is 24.6 Å². The average Bonchev–Trinajstić information content (AvgIpc) is 2.54. The minimum absolute atomic E-state index is 0.309. The lowest BCUT2D eigenvalue weighted by Crippen LogP contribution is -2.19.